The van der Waals surface area contributed by atoms with Gasteiger partial charge in [-0.05, 0) is 18.9 Å². The molecule has 2 atom stereocenters. The Morgan fingerprint density at radius 1 is 1.38 bits per heavy atom. The average molecular weight is 218 g/mol. The number of likely N-dealkylation sites (N-methyl/N-ethyl adjacent to an activating group) is 1. The molecule has 1 aromatic rings. The molecule has 0 radical (unpaired) electrons. The van der Waals surface area contributed by atoms with Crippen molar-refractivity contribution >= 4 is 5.91 Å². The number of carbonyl (C=O) groups is 1. The SMILES string of the molecule is C[C@@H](NC1CCN(C)C1=O)c1ccccc1. The topological polar surface area (TPSA) is 32.3 Å². The van der Waals surface area contributed by atoms with Gasteiger partial charge < -0.3 is 4.90 Å². The number of hydrogen-bond acceptors (Lipinski definition) is 2. The fourth-order valence-electron chi connectivity index (χ4n) is 2.12. The molecule has 0 bridgehead atoms. The molecule has 0 spiro atoms. The average Bonchev–Trinajstić information content (AvgIpc) is 2.62. The summed E-state index contributed by atoms with van der Waals surface area (Å²) in [7, 11) is 1.86. The second kappa shape index (κ2) is 4.66. The highest BCUT2D eigenvalue weighted by atomic mass is 16.2. The van der Waals surface area contributed by atoms with E-state index in [-0.39, 0.29) is 18.0 Å². The van der Waals surface area contributed by atoms with Crippen LogP contribution in [-0.4, -0.2) is 30.4 Å². The molecular weight excluding hydrogens is 200 g/mol. The molecule has 1 fully saturated rings. The first-order valence-corrected chi connectivity index (χ1v) is 5.74. The van der Waals surface area contributed by atoms with Crippen LogP contribution in [0.4, 0.5) is 0 Å². The fourth-order valence-corrected chi connectivity index (χ4v) is 2.12. The molecule has 1 heterocycles. The summed E-state index contributed by atoms with van der Waals surface area (Å²) in [5.41, 5.74) is 1.23. The van der Waals surface area contributed by atoms with Crippen molar-refractivity contribution < 1.29 is 4.79 Å². The predicted octanol–water partition coefficient (Wildman–Crippen LogP) is 1.57. The van der Waals surface area contributed by atoms with Crippen LogP contribution in [-0.2, 0) is 4.79 Å². The molecule has 86 valence electrons. The van der Waals surface area contributed by atoms with Crippen molar-refractivity contribution in [3.8, 4) is 0 Å². The number of hydrogen-bond donors (Lipinski definition) is 1. The van der Waals surface area contributed by atoms with Crippen LogP contribution < -0.4 is 5.32 Å². The lowest BCUT2D eigenvalue weighted by Crippen LogP contribution is -2.38. The van der Waals surface area contributed by atoms with Crippen molar-refractivity contribution in [1.29, 1.82) is 0 Å². The van der Waals surface area contributed by atoms with E-state index in [1.54, 1.807) is 4.90 Å². The van der Waals surface area contributed by atoms with Gasteiger partial charge >= 0.3 is 0 Å². The number of likely N-dealkylation sites (tertiary alicyclic amines) is 1. The zero-order chi connectivity index (χ0) is 11.5. The van der Waals surface area contributed by atoms with Crippen LogP contribution in [0.1, 0.15) is 24.9 Å². The third kappa shape index (κ3) is 2.25. The van der Waals surface area contributed by atoms with Gasteiger partial charge in [0.05, 0.1) is 6.04 Å². The highest BCUT2D eigenvalue weighted by molar-refractivity contribution is 5.83. The number of amides is 1. The van der Waals surface area contributed by atoms with E-state index < -0.39 is 0 Å². The van der Waals surface area contributed by atoms with E-state index in [9.17, 15) is 4.79 Å². The highest BCUT2D eigenvalue weighted by Gasteiger charge is 2.29. The minimum atomic E-state index is -0.0137. The van der Waals surface area contributed by atoms with Gasteiger partial charge in [0.15, 0.2) is 0 Å². The molecular formula is C13H18N2O. The van der Waals surface area contributed by atoms with Crippen molar-refractivity contribution in [2.45, 2.75) is 25.4 Å². The summed E-state index contributed by atoms with van der Waals surface area (Å²) in [6.45, 7) is 2.96. The van der Waals surface area contributed by atoms with E-state index in [1.165, 1.54) is 5.56 Å². The lowest BCUT2D eigenvalue weighted by atomic mass is 10.1. The van der Waals surface area contributed by atoms with E-state index in [1.807, 2.05) is 25.2 Å². The Balaban J connectivity index is 1.98. The van der Waals surface area contributed by atoms with Crippen LogP contribution in [0, 0.1) is 0 Å². The first-order valence-electron chi connectivity index (χ1n) is 5.74. The molecule has 1 saturated heterocycles. The molecule has 0 aliphatic carbocycles. The van der Waals surface area contributed by atoms with Crippen LogP contribution >= 0.6 is 0 Å². The molecule has 3 nitrogen and oxygen atoms in total. The second-order valence-electron chi connectivity index (χ2n) is 4.40. The summed E-state index contributed by atoms with van der Waals surface area (Å²) >= 11 is 0. The molecule has 1 unspecified atom stereocenters. The van der Waals surface area contributed by atoms with Gasteiger partial charge in [-0.15, -0.1) is 0 Å². The third-order valence-electron chi connectivity index (χ3n) is 3.18. The summed E-state index contributed by atoms with van der Waals surface area (Å²) in [6, 6.07) is 10.4. The number of carbonyl (C=O) groups excluding carboxylic acids is 1. The van der Waals surface area contributed by atoms with E-state index >= 15 is 0 Å². The summed E-state index contributed by atoms with van der Waals surface area (Å²) in [6.07, 6.45) is 0.909. The van der Waals surface area contributed by atoms with Crippen LogP contribution in [0.3, 0.4) is 0 Å². The summed E-state index contributed by atoms with van der Waals surface area (Å²) < 4.78 is 0. The number of nitrogens with zero attached hydrogens (tertiary/aromatic N) is 1. The number of rotatable bonds is 3. The minimum Gasteiger partial charge on any atom is -0.344 e. The van der Waals surface area contributed by atoms with E-state index in [4.69, 9.17) is 0 Å². The molecule has 1 N–H and O–H groups in total. The quantitative estimate of drug-likeness (QED) is 0.835. The first-order chi connectivity index (χ1) is 7.68. The zero-order valence-electron chi connectivity index (χ0n) is 9.81. The van der Waals surface area contributed by atoms with Crippen molar-refractivity contribution in [1.82, 2.24) is 10.2 Å². The Morgan fingerprint density at radius 3 is 2.62 bits per heavy atom. The maximum absolute atomic E-state index is 11.7. The normalized spacial score (nSPS) is 22.5. The monoisotopic (exact) mass is 218 g/mol. The molecule has 1 aromatic carbocycles. The van der Waals surface area contributed by atoms with Crippen molar-refractivity contribution in [2.24, 2.45) is 0 Å². The molecule has 1 aliphatic heterocycles. The van der Waals surface area contributed by atoms with Gasteiger partial charge in [-0.25, -0.2) is 0 Å². The van der Waals surface area contributed by atoms with Crippen LogP contribution in [0.25, 0.3) is 0 Å². The van der Waals surface area contributed by atoms with Gasteiger partial charge in [-0.2, -0.15) is 0 Å². The second-order valence-corrected chi connectivity index (χ2v) is 4.40. The number of benzene rings is 1. The fraction of sp³-hybridized carbons (Fsp3) is 0.462. The lowest BCUT2D eigenvalue weighted by Gasteiger charge is -2.18. The van der Waals surface area contributed by atoms with Gasteiger partial charge in [0, 0.05) is 19.6 Å². The molecule has 16 heavy (non-hydrogen) atoms. The first kappa shape index (κ1) is 11.1. The van der Waals surface area contributed by atoms with E-state index in [0.29, 0.717) is 0 Å². The zero-order valence-corrected chi connectivity index (χ0v) is 9.81. The van der Waals surface area contributed by atoms with Gasteiger partial charge in [-0.1, -0.05) is 30.3 Å². The Labute approximate surface area is 96.5 Å². The van der Waals surface area contributed by atoms with Gasteiger partial charge in [0.25, 0.3) is 0 Å². The van der Waals surface area contributed by atoms with Crippen LogP contribution in [0.5, 0.6) is 0 Å². The Hall–Kier alpha value is -1.35. The smallest absolute Gasteiger partial charge is 0.239 e. The van der Waals surface area contributed by atoms with Crippen LogP contribution in [0.2, 0.25) is 0 Å². The lowest BCUT2D eigenvalue weighted by molar-refractivity contribution is -0.128. The summed E-state index contributed by atoms with van der Waals surface area (Å²) in [4.78, 5) is 13.5. The maximum Gasteiger partial charge on any atom is 0.239 e. The Bertz CT molecular complexity index is 363. The Morgan fingerprint density at radius 2 is 2.06 bits per heavy atom. The van der Waals surface area contributed by atoms with E-state index in [2.05, 4.69) is 24.4 Å². The molecule has 1 aliphatic rings. The largest absolute Gasteiger partial charge is 0.344 e. The van der Waals surface area contributed by atoms with Crippen molar-refractivity contribution in [3.05, 3.63) is 35.9 Å². The molecule has 0 saturated carbocycles. The van der Waals surface area contributed by atoms with Gasteiger partial charge in [-0.3, -0.25) is 10.1 Å². The molecule has 0 aromatic heterocycles. The van der Waals surface area contributed by atoms with E-state index in [0.717, 1.165) is 13.0 Å². The number of nitrogens with one attached hydrogen (secondary N) is 1. The Kier molecular flexibility index (Phi) is 3.25. The van der Waals surface area contributed by atoms with Gasteiger partial charge in [0.1, 0.15) is 0 Å². The molecule has 2 rings (SSSR count). The van der Waals surface area contributed by atoms with Crippen molar-refractivity contribution in [3.63, 3.8) is 0 Å². The standard InChI is InChI=1S/C13H18N2O/c1-10(11-6-4-3-5-7-11)14-12-8-9-15(2)13(12)16/h3-7,10,12,14H,8-9H2,1-2H3/t10-,12?/m1/s1. The molecule has 3 heteroatoms. The third-order valence-corrected chi connectivity index (χ3v) is 3.18. The minimum absolute atomic E-state index is 0.0137. The summed E-state index contributed by atoms with van der Waals surface area (Å²) in [5, 5.41) is 3.38. The predicted molar refractivity (Wildman–Crippen MR) is 64.0 cm³/mol. The maximum atomic E-state index is 11.7. The highest BCUT2D eigenvalue weighted by Crippen LogP contribution is 2.16. The summed E-state index contributed by atoms with van der Waals surface area (Å²) in [5.74, 6) is 0.211. The van der Waals surface area contributed by atoms with Crippen molar-refractivity contribution in [2.75, 3.05) is 13.6 Å². The molecule has 1 amide bonds. The van der Waals surface area contributed by atoms with Crippen LogP contribution in [0.15, 0.2) is 30.3 Å². The van der Waals surface area contributed by atoms with Gasteiger partial charge in [0.2, 0.25) is 5.91 Å².